The van der Waals surface area contributed by atoms with Crippen LogP contribution in [0.5, 0.6) is 0 Å². The van der Waals surface area contributed by atoms with Crippen LogP contribution in [-0.2, 0) is 0 Å². The SMILES string of the molecule is O=C(O)c1ccc([N+](=O)[O-])cc1N1CC[C@@H](F)C1. The molecule has 96 valence electrons. The molecule has 0 saturated carbocycles. The summed E-state index contributed by atoms with van der Waals surface area (Å²) in [5.41, 5.74) is -0.0381. The van der Waals surface area contributed by atoms with E-state index in [2.05, 4.69) is 0 Å². The van der Waals surface area contributed by atoms with E-state index < -0.39 is 17.1 Å². The van der Waals surface area contributed by atoms with E-state index in [1.807, 2.05) is 0 Å². The molecule has 0 aliphatic carbocycles. The number of hydrogen-bond donors (Lipinski definition) is 1. The third kappa shape index (κ3) is 2.24. The maximum atomic E-state index is 13.1. The van der Waals surface area contributed by atoms with Gasteiger partial charge in [0.25, 0.3) is 5.69 Å². The molecule has 2 rings (SSSR count). The van der Waals surface area contributed by atoms with Crippen molar-refractivity contribution < 1.29 is 19.2 Å². The number of hydrogen-bond acceptors (Lipinski definition) is 4. The molecule has 1 aromatic carbocycles. The van der Waals surface area contributed by atoms with Crippen LogP contribution in [0.15, 0.2) is 18.2 Å². The van der Waals surface area contributed by atoms with Crippen LogP contribution in [0.4, 0.5) is 15.8 Å². The number of benzene rings is 1. The Labute approximate surface area is 102 Å². The van der Waals surface area contributed by atoms with E-state index in [4.69, 9.17) is 5.11 Å². The number of carbonyl (C=O) groups is 1. The van der Waals surface area contributed by atoms with Gasteiger partial charge in [-0.1, -0.05) is 0 Å². The van der Waals surface area contributed by atoms with E-state index in [1.165, 1.54) is 17.0 Å². The molecule has 1 aromatic rings. The Morgan fingerprint density at radius 1 is 1.56 bits per heavy atom. The Hall–Kier alpha value is -2.18. The first kappa shape index (κ1) is 12.3. The molecule has 0 aromatic heterocycles. The number of carboxylic acids is 1. The highest BCUT2D eigenvalue weighted by atomic mass is 19.1. The summed E-state index contributed by atoms with van der Waals surface area (Å²) in [6, 6.07) is 3.50. The summed E-state index contributed by atoms with van der Waals surface area (Å²) in [6.07, 6.45) is -0.715. The van der Waals surface area contributed by atoms with Gasteiger partial charge in [-0.2, -0.15) is 0 Å². The van der Waals surface area contributed by atoms with Gasteiger partial charge in [0.15, 0.2) is 0 Å². The number of nitrogens with zero attached hydrogens (tertiary/aromatic N) is 2. The zero-order valence-electron chi connectivity index (χ0n) is 9.38. The predicted octanol–water partition coefficient (Wildman–Crippen LogP) is 1.84. The monoisotopic (exact) mass is 254 g/mol. The first-order chi connectivity index (χ1) is 8.49. The normalized spacial score (nSPS) is 18.9. The van der Waals surface area contributed by atoms with Crippen LogP contribution in [0.3, 0.4) is 0 Å². The van der Waals surface area contributed by atoms with Crippen LogP contribution in [-0.4, -0.2) is 35.3 Å². The number of non-ortho nitro benzene ring substituents is 1. The lowest BCUT2D eigenvalue weighted by molar-refractivity contribution is -0.384. The summed E-state index contributed by atoms with van der Waals surface area (Å²) < 4.78 is 13.1. The quantitative estimate of drug-likeness (QED) is 0.657. The summed E-state index contributed by atoms with van der Waals surface area (Å²) >= 11 is 0. The van der Waals surface area contributed by atoms with Crippen molar-refractivity contribution in [3.63, 3.8) is 0 Å². The summed E-state index contributed by atoms with van der Waals surface area (Å²) in [6.45, 7) is 0.435. The second-order valence-corrected chi connectivity index (χ2v) is 4.10. The molecule has 1 atom stereocenters. The lowest BCUT2D eigenvalue weighted by Gasteiger charge is -2.19. The highest BCUT2D eigenvalue weighted by Crippen LogP contribution is 2.29. The van der Waals surface area contributed by atoms with Crippen LogP contribution >= 0.6 is 0 Å². The van der Waals surface area contributed by atoms with Crippen molar-refractivity contribution >= 4 is 17.3 Å². The lowest BCUT2D eigenvalue weighted by atomic mass is 10.1. The molecule has 1 fully saturated rings. The van der Waals surface area contributed by atoms with E-state index >= 15 is 0 Å². The highest BCUT2D eigenvalue weighted by molar-refractivity contribution is 5.95. The average Bonchev–Trinajstić information content (AvgIpc) is 2.74. The fourth-order valence-electron chi connectivity index (χ4n) is 2.01. The maximum absolute atomic E-state index is 13.1. The standard InChI is InChI=1S/C11H11FN2O4/c12-7-3-4-13(6-7)10-5-8(14(17)18)1-2-9(10)11(15)16/h1-2,5,7H,3-4,6H2,(H,15,16)/t7-/m1/s1. The third-order valence-electron chi connectivity index (χ3n) is 2.89. The number of anilines is 1. The van der Waals surface area contributed by atoms with Crippen LogP contribution in [0.2, 0.25) is 0 Å². The van der Waals surface area contributed by atoms with Crippen molar-refractivity contribution in [2.24, 2.45) is 0 Å². The lowest BCUT2D eigenvalue weighted by Crippen LogP contribution is -2.22. The number of halogens is 1. The molecule has 1 heterocycles. The van der Waals surface area contributed by atoms with E-state index in [-0.39, 0.29) is 23.5 Å². The molecule has 0 amide bonds. The van der Waals surface area contributed by atoms with Crippen molar-refractivity contribution in [2.45, 2.75) is 12.6 Å². The second kappa shape index (κ2) is 4.59. The number of nitro groups is 1. The molecule has 1 saturated heterocycles. The molecule has 6 nitrogen and oxygen atoms in total. The molecule has 7 heteroatoms. The highest BCUT2D eigenvalue weighted by Gasteiger charge is 2.27. The first-order valence-electron chi connectivity index (χ1n) is 5.40. The summed E-state index contributed by atoms with van der Waals surface area (Å²) in [4.78, 5) is 22.7. The van der Waals surface area contributed by atoms with Gasteiger partial charge in [0, 0.05) is 25.2 Å². The number of aromatic carboxylic acids is 1. The Morgan fingerprint density at radius 2 is 2.28 bits per heavy atom. The van der Waals surface area contributed by atoms with Gasteiger partial charge in [-0.15, -0.1) is 0 Å². The van der Waals surface area contributed by atoms with Gasteiger partial charge >= 0.3 is 5.97 Å². The molecule has 0 radical (unpaired) electrons. The van der Waals surface area contributed by atoms with Gasteiger partial charge in [-0.3, -0.25) is 10.1 Å². The van der Waals surface area contributed by atoms with E-state index in [0.717, 1.165) is 6.07 Å². The zero-order chi connectivity index (χ0) is 13.3. The maximum Gasteiger partial charge on any atom is 0.337 e. The van der Waals surface area contributed by atoms with Crippen molar-refractivity contribution in [1.29, 1.82) is 0 Å². The van der Waals surface area contributed by atoms with Crippen molar-refractivity contribution in [3.05, 3.63) is 33.9 Å². The molecule has 1 N–H and O–H groups in total. The minimum Gasteiger partial charge on any atom is -0.478 e. The van der Waals surface area contributed by atoms with Gasteiger partial charge in [0.1, 0.15) is 6.17 Å². The van der Waals surface area contributed by atoms with E-state index in [1.54, 1.807) is 0 Å². The summed E-state index contributed by atoms with van der Waals surface area (Å²) in [5.74, 6) is -1.18. The van der Waals surface area contributed by atoms with Crippen molar-refractivity contribution in [2.75, 3.05) is 18.0 Å². The summed E-state index contributed by atoms with van der Waals surface area (Å²) in [5, 5.41) is 19.7. The molecular weight excluding hydrogens is 243 g/mol. The zero-order valence-corrected chi connectivity index (χ0v) is 9.38. The topological polar surface area (TPSA) is 83.7 Å². The fourth-order valence-corrected chi connectivity index (χ4v) is 2.01. The average molecular weight is 254 g/mol. The van der Waals surface area contributed by atoms with Crippen LogP contribution in [0.25, 0.3) is 0 Å². The molecular formula is C11H11FN2O4. The van der Waals surface area contributed by atoms with Gasteiger partial charge in [0.2, 0.25) is 0 Å². The number of alkyl halides is 1. The molecule has 1 aliphatic heterocycles. The van der Waals surface area contributed by atoms with Gasteiger partial charge < -0.3 is 10.0 Å². The van der Waals surface area contributed by atoms with Crippen molar-refractivity contribution in [1.82, 2.24) is 0 Å². The van der Waals surface area contributed by atoms with Gasteiger partial charge in [0.05, 0.1) is 16.2 Å². The first-order valence-corrected chi connectivity index (χ1v) is 5.40. The number of rotatable bonds is 3. The Bertz CT molecular complexity index is 506. The third-order valence-corrected chi connectivity index (χ3v) is 2.89. The summed E-state index contributed by atoms with van der Waals surface area (Å²) in [7, 11) is 0. The predicted molar refractivity (Wildman–Crippen MR) is 61.8 cm³/mol. The number of nitro benzene ring substituents is 1. The minimum atomic E-state index is -1.18. The van der Waals surface area contributed by atoms with Crippen LogP contribution in [0.1, 0.15) is 16.8 Å². The molecule has 1 aliphatic rings. The molecule has 0 unspecified atom stereocenters. The van der Waals surface area contributed by atoms with Crippen molar-refractivity contribution in [3.8, 4) is 0 Å². The molecule has 0 spiro atoms. The minimum absolute atomic E-state index is 0.0466. The largest absolute Gasteiger partial charge is 0.478 e. The fraction of sp³-hybridized carbons (Fsp3) is 0.364. The molecule has 0 bridgehead atoms. The van der Waals surface area contributed by atoms with Crippen LogP contribution in [0, 0.1) is 10.1 Å². The van der Waals surface area contributed by atoms with Crippen LogP contribution < -0.4 is 4.90 Å². The van der Waals surface area contributed by atoms with E-state index in [9.17, 15) is 19.3 Å². The number of carboxylic acid groups (broad SMARTS) is 1. The Kier molecular flexibility index (Phi) is 3.14. The smallest absolute Gasteiger partial charge is 0.337 e. The molecule has 18 heavy (non-hydrogen) atoms. The van der Waals surface area contributed by atoms with Gasteiger partial charge in [-0.25, -0.2) is 9.18 Å². The van der Waals surface area contributed by atoms with E-state index in [0.29, 0.717) is 13.0 Å². The van der Waals surface area contributed by atoms with Gasteiger partial charge in [-0.05, 0) is 12.5 Å². The Balaban J connectivity index is 2.44. The second-order valence-electron chi connectivity index (χ2n) is 4.10. The Morgan fingerprint density at radius 3 is 2.78 bits per heavy atom.